The normalized spacial score (nSPS) is 11.1. The fourth-order valence-corrected chi connectivity index (χ4v) is 1.16. The molecule has 0 radical (unpaired) electrons. The van der Waals surface area contributed by atoms with Crippen LogP contribution in [0.4, 0.5) is 8.78 Å². The van der Waals surface area contributed by atoms with E-state index in [1.54, 1.807) is 0 Å². The summed E-state index contributed by atoms with van der Waals surface area (Å²) in [5.41, 5.74) is 0.312. The van der Waals surface area contributed by atoms with Gasteiger partial charge in [-0.05, 0) is 6.07 Å². The summed E-state index contributed by atoms with van der Waals surface area (Å²) in [6.07, 6.45) is 2.45. The topological polar surface area (TPSA) is 91.6 Å². The van der Waals surface area contributed by atoms with Crippen molar-refractivity contribution < 1.29 is 27.9 Å². The largest absolute Gasteiger partial charge is 0.472 e. The second-order valence-electron chi connectivity index (χ2n) is 3.81. The number of alkyl halides is 2. The third-order valence-corrected chi connectivity index (χ3v) is 2.20. The summed E-state index contributed by atoms with van der Waals surface area (Å²) in [6, 6.07) is 1.46. The molecule has 1 heterocycles. The minimum atomic E-state index is -3.34. The molecule has 2 amide bonds. The predicted octanol–water partition coefficient (Wildman–Crippen LogP) is 0.143. The first-order valence-electron chi connectivity index (χ1n) is 5.50. The molecule has 1 aromatic heterocycles. The van der Waals surface area contributed by atoms with Crippen LogP contribution in [-0.4, -0.2) is 42.5 Å². The molecule has 3 N–H and O–H groups in total. The van der Waals surface area contributed by atoms with Gasteiger partial charge in [0.25, 0.3) is 11.8 Å². The summed E-state index contributed by atoms with van der Waals surface area (Å²) < 4.78 is 29.9. The Labute approximate surface area is 107 Å². The second kappa shape index (κ2) is 6.83. The third kappa shape index (κ3) is 5.47. The zero-order valence-corrected chi connectivity index (χ0v) is 9.99. The lowest BCUT2D eigenvalue weighted by atomic mass is 10.3. The molecule has 0 aliphatic carbocycles. The van der Waals surface area contributed by atoms with E-state index in [2.05, 4.69) is 5.32 Å². The highest BCUT2D eigenvalue weighted by molar-refractivity contribution is 5.93. The molecule has 19 heavy (non-hydrogen) atoms. The summed E-state index contributed by atoms with van der Waals surface area (Å²) >= 11 is 0. The summed E-state index contributed by atoms with van der Waals surface area (Å²) in [6.45, 7) is -2.25. The van der Waals surface area contributed by atoms with Gasteiger partial charge in [-0.1, -0.05) is 0 Å². The van der Waals surface area contributed by atoms with Crippen LogP contribution in [0.3, 0.4) is 0 Å². The Morgan fingerprint density at radius 3 is 2.68 bits per heavy atom. The zero-order chi connectivity index (χ0) is 14.3. The minimum Gasteiger partial charge on any atom is -0.472 e. The van der Waals surface area contributed by atoms with E-state index >= 15 is 0 Å². The first kappa shape index (κ1) is 15.1. The Morgan fingerprint density at radius 1 is 1.37 bits per heavy atom. The maximum Gasteiger partial charge on any atom is 0.287 e. The van der Waals surface area contributed by atoms with E-state index in [1.807, 2.05) is 5.32 Å². The molecule has 0 aromatic carbocycles. The van der Waals surface area contributed by atoms with Crippen molar-refractivity contribution in [2.24, 2.45) is 0 Å². The van der Waals surface area contributed by atoms with Gasteiger partial charge in [-0.2, -0.15) is 0 Å². The standard InChI is InChI=1S/C11H14F2N2O4/c12-11(13,7-16)6-15-9(17)1-3-14-10(18)8-2-4-19-5-8/h2,4-5,16H,1,3,6-7H2,(H,14,18)(H,15,17). The average Bonchev–Trinajstić information content (AvgIpc) is 2.90. The molecule has 6 nitrogen and oxygen atoms in total. The lowest BCUT2D eigenvalue weighted by molar-refractivity contribution is -0.123. The Kier molecular flexibility index (Phi) is 5.43. The van der Waals surface area contributed by atoms with Gasteiger partial charge < -0.3 is 20.2 Å². The van der Waals surface area contributed by atoms with Gasteiger partial charge in [-0.15, -0.1) is 0 Å². The third-order valence-electron chi connectivity index (χ3n) is 2.20. The maximum atomic E-state index is 12.6. The molecule has 0 atom stereocenters. The van der Waals surface area contributed by atoms with Crippen molar-refractivity contribution in [2.75, 3.05) is 19.7 Å². The zero-order valence-electron chi connectivity index (χ0n) is 9.99. The van der Waals surface area contributed by atoms with Gasteiger partial charge in [0.05, 0.1) is 18.4 Å². The highest BCUT2D eigenvalue weighted by Gasteiger charge is 2.27. The average molecular weight is 276 g/mol. The number of carbonyl (C=O) groups is 2. The predicted molar refractivity (Wildman–Crippen MR) is 60.7 cm³/mol. The van der Waals surface area contributed by atoms with Crippen LogP contribution >= 0.6 is 0 Å². The molecule has 0 spiro atoms. The van der Waals surface area contributed by atoms with Gasteiger partial charge in [-0.3, -0.25) is 9.59 Å². The number of nitrogens with one attached hydrogen (secondary N) is 2. The number of furan rings is 1. The lowest BCUT2D eigenvalue weighted by Crippen LogP contribution is -2.40. The highest BCUT2D eigenvalue weighted by Crippen LogP contribution is 2.09. The van der Waals surface area contributed by atoms with Crippen LogP contribution in [0, 0.1) is 0 Å². The van der Waals surface area contributed by atoms with E-state index in [1.165, 1.54) is 18.6 Å². The van der Waals surface area contributed by atoms with Gasteiger partial charge in [0.1, 0.15) is 12.9 Å². The summed E-state index contributed by atoms with van der Waals surface area (Å²) in [4.78, 5) is 22.6. The van der Waals surface area contributed by atoms with E-state index in [0.717, 1.165) is 0 Å². The van der Waals surface area contributed by atoms with Crippen LogP contribution in [0.5, 0.6) is 0 Å². The van der Waals surface area contributed by atoms with Crippen molar-refractivity contribution in [2.45, 2.75) is 12.3 Å². The Bertz CT molecular complexity index is 420. The second-order valence-corrected chi connectivity index (χ2v) is 3.81. The van der Waals surface area contributed by atoms with Crippen molar-refractivity contribution in [3.63, 3.8) is 0 Å². The summed E-state index contributed by atoms with van der Waals surface area (Å²) in [7, 11) is 0. The van der Waals surface area contributed by atoms with E-state index in [0.29, 0.717) is 5.56 Å². The first-order chi connectivity index (χ1) is 8.94. The van der Waals surface area contributed by atoms with Crippen LogP contribution in [0.25, 0.3) is 0 Å². The van der Waals surface area contributed by atoms with Crippen molar-refractivity contribution in [3.05, 3.63) is 24.2 Å². The Balaban J connectivity index is 2.19. The minimum absolute atomic E-state index is 0.0144. The van der Waals surface area contributed by atoms with Gasteiger partial charge >= 0.3 is 0 Å². The van der Waals surface area contributed by atoms with Crippen molar-refractivity contribution in [1.29, 1.82) is 0 Å². The maximum absolute atomic E-state index is 12.6. The fraction of sp³-hybridized carbons (Fsp3) is 0.455. The fourth-order valence-electron chi connectivity index (χ4n) is 1.16. The van der Waals surface area contributed by atoms with Gasteiger partial charge in [0.15, 0.2) is 0 Å². The van der Waals surface area contributed by atoms with Gasteiger partial charge in [0, 0.05) is 13.0 Å². The highest BCUT2D eigenvalue weighted by atomic mass is 19.3. The molecule has 0 saturated heterocycles. The van der Waals surface area contributed by atoms with Crippen LogP contribution < -0.4 is 10.6 Å². The van der Waals surface area contributed by atoms with Crippen LogP contribution in [-0.2, 0) is 4.79 Å². The number of carbonyl (C=O) groups excluding carboxylic acids is 2. The Hall–Kier alpha value is -1.96. The smallest absolute Gasteiger partial charge is 0.287 e. The molecule has 0 fully saturated rings. The number of rotatable bonds is 7. The molecule has 1 aromatic rings. The molecule has 0 aliphatic rings. The molecule has 0 saturated carbocycles. The number of amides is 2. The van der Waals surface area contributed by atoms with Crippen LogP contribution in [0.15, 0.2) is 23.0 Å². The summed E-state index contributed by atoms with van der Waals surface area (Å²) in [5, 5.41) is 12.7. The molecule has 0 unspecified atom stereocenters. The van der Waals surface area contributed by atoms with Crippen molar-refractivity contribution in [1.82, 2.24) is 10.6 Å². The first-order valence-corrected chi connectivity index (χ1v) is 5.50. The van der Waals surface area contributed by atoms with Crippen LogP contribution in [0.2, 0.25) is 0 Å². The molecular weight excluding hydrogens is 262 g/mol. The monoisotopic (exact) mass is 276 g/mol. The number of aliphatic hydroxyl groups is 1. The van der Waals surface area contributed by atoms with Gasteiger partial charge in [-0.25, -0.2) is 8.78 Å². The molecular formula is C11H14F2N2O4. The number of hydrogen-bond donors (Lipinski definition) is 3. The number of aliphatic hydroxyl groups excluding tert-OH is 1. The SMILES string of the molecule is O=C(CCNC(=O)c1ccoc1)NCC(F)(F)CO. The lowest BCUT2D eigenvalue weighted by Gasteiger charge is -2.13. The van der Waals surface area contributed by atoms with Crippen LogP contribution in [0.1, 0.15) is 16.8 Å². The molecule has 0 aliphatic heterocycles. The summed E-state index contributed by atoms with van der Waals surface area (Å²) in [5.74, 6) is -4.39. The number of hydrogen-bond acceptors (Lipinski definition) is 4. The van der Waals surface area contributed by atoms with Crippen molar-refractivity contribution >= 4 is 11.8 Å². The van der Waals surface area contributed by atoms with E-state index in [4.69, 9.17) is 9.52 Å². The quantitative estimate of drug-likeness (QED) is 0.660. The Morgan fingerprint density at radius 2 is 2.11 bits per heavy atom. The van der Waals surface area contributed by atoms with E-state index in [-0.39, 0.29) is 13.0 Å². The van der Waals surface area contributed by atoms with E-state index in [9.17, 15) is 18.4 Å². The molecule has 1 rings (SSSR count). The molecule has 8 heteroatoms. The number of halogens is 2. The molecule has 106 valence electrons. The van der Waals surface area contributed by atoms with E-state index < -0.39 is 30.9 Å². The van der Waals surface area contributed by atoms with Crippen molar-refractivity contribution in [3.8, 4) is 0 Å². The molecule has 0 bridgehead atoms. The van der Waals surface area contributed by atoms with Gasteiger partial charge in [0.2, 0.25) is 5.91 Å².